The van der Waals surface area contributed by atoms with E-state index >= 15 is 0 Å². The van der Waals surface area contributed by atoms with Crippen LogP contribution < -0.4 is 5.32 Å². The minimum absolute atomic E-state index is 0.292. The number of H-pyrrole nitrogens is 2. The Kier molecular flexibility index (Phi) is 4.54. The quantitative estimate of drug-likeness (QED) is 0.370. The highest BCUT2D eigenvalue weighted by atomic mass is 19.4. The zero-order valence-corrected chi connectivity index (χ0v) is 16.3. The van der Waals surface area contributed by atoms with Crippen LogP contribution in [0, 0.1) is 0 Å². The van der Waals surface area contributed by atoms with Gasteiger partial charge in [-0.1, -0.05) is 6.07 Å². The second kappa shape index (κ2) is 7.41. The molecule has 0 unspecified atom stereocenters. The molecule has 5 rings (SSSR count). The van der Waals surface area contributed by atoms with Crippen molar-refractivity contribution in [3.63, 3.8) is 0 Å². The van der Waals surface area contributed by atoms with Gasteiger partial charge in [0, 0.05) is 35.1 Å². The zero-order valence-electron chi connectivity index (χ0n) is 16.3. The summed E-state index contributed by atoms with van der Waals surface area (Å²) in [5.41, 5.74) is 3.29. The van der Waals surface area contributed by atoms with Crippen molar-refractivity contribution in [1.29, 1.82) is 0 Å². The molecular formula is C22H15F3N6O. The van der Waals surface area contributed by atoms with E-state index in [-0.39, 0.29) is 5.91 Å². The number of alkyl halides is 3. The number of benzene rings is 2. The molecule has 160 valence electrons. The summed E-state index contributed by atoms with van der Waals surface area (Å²) in [6.07, 6.45) is 3.63. The summed E-state index contributed by atoms with van der Waals surface area (Å²) in [4.78, 5) is 15.5. The molecule has 0 radical (unpaired) electrons. The van der Waals surface area contributed by atoms with Crippen LogP contribution in [0.25, 0.3) is 27.7 Å². The van der Waals surface area contributed by atoms with Crippen molar-refractivity contribution in [1.82, 2.24) is 25.0 Å². The standard InChI is InChI=1S/C22H15F3N6O/c23-22(24,25)16-2-4-17(5-3-16)31-12-15(10-29-31)13-1-6-19-18(7-13)20(11-26-19)30-21(32)14-8-27-28-9-14/h1-12,26H,(H,27,28)(H,30,32). The molecule has 0 aliphatic carbocycles. The maximum Gasteiger partial charge on any atom is 0.416 e. The predicted molar refractivity (Wildman–Crippen MR) is 112 cm³/mol. The Morgan fingerprint density at radius 1 is 1.00 bits per heavy atom. The van der Waals surface area contributed by atoms with E-state index in [4.69, 9.17) is 0 Å². The molecule has 0 spiro atoms. The second-order valence-electron chi connectivity index (χ2n) is 7.12. The van der Waals surface area contributed by atoms with E-state index in [1.807, 2.05) is 18.2 Å². The number of carbonyl (C=O) groups excluding carboxylic acids is 1. The summed E-state index contributed by atoms with van der Waals surface area (Å²) in [5.74, 6) is -0.292. The minimum atomic E-state index is -4.38. The molecule has 0 saturated heterocycles. The van der Waals surface area contributed by atoms with Crippen LogP contribution in [0.4, 0.5) is 18.9 Å². The molecule has 10 heteroatoms. The molecule has 0 saturated carbocycles. The summed E-state index contributed by atoms with van der Waals surface area (Å²) >= 11 is 0. The third-order valence-electron chi connectivity index (χ3n) is 5.07. The molecule has 0 aliphatic rings. The molecular weight excluding hydrogens is 421 g/mol. The highest BCUT2D eigenvalue weighted by Gasteiger charge is 2.30. The topological polar surface area (TPSA) is 91.4 Å². The minimum Gasteiger partial charge on any atom is -0.359 e. The van der Waals surface area contributed by atoms with Gasteiger partial charge in [0.05, 0.1) is 34.9 Å². The van der Waals surface area contributed by atoms with Gasteiger partial charge in [-0.2, -0.15) is 23.4 Å². The van der Waals surface area contributed by atoms with Crippen LogP contribution >= 0.6 is 0 Å². The number of carbonyl (C=O) groups is 1. The summed E-state index contributed by atoms with van der Waals surface area (Å²) in [7, 11) is 0. The fourth-order valence-corrected chi connectivity index (χ4v) is 3.39. The number of rotatable bonds is 4. The van der Waals surface area contributed by atoms with Gasteiger partial charge in [-0.05, 0) is 42.0 Å². The molecule has 5 aromatic rings. The Balaban J connectivity index is 1.43. The average molecular weight is 436 g/mol. The normalized spacial score (nSPS) is 11.7. The number of nitrogens with zero attached hydrogens (tertiary/aromatic N) is 3. The van der Waals surface area contributed by atoms with Crippen molar-refractivity contribution < 1.29 is 18.0 Å². The van der Waals surface area contributed by atoms with Crippen molar-refractivity contribution in [3.8, 4) is 16.8 Å². The first-order chi connectivity index (χ1) is 15.4. The molecule has 1 amide bonds. The highest BCUT2D eigenvalue weighted by Crippen LogP contribution is 2.31. The van der Waals surface area contributed by atoms with Gasteiger partial charge >= 0.3 is 6.18 Å². The van der Waals surface area contributed by atoms with Crippen molar-refractivity contribution in [2.24, 2.45) is 0 Å². The van der Waals surface area contributed by atoms with Gasteiger partial charge in [0.15, 0.2) is 0 Å². The Morgan fingerprint density at radius 3 is 2.53 bits per heavy atom. The fourth-order valence-electron chi connectivity index (χ4n) is 3.39. The lowest BCUT2D eigenvalue weighted by Gasteiger charge is -2.07. The van der Waals surface area contributed by atoms with Crippen LogP contribution in [0.1, 0.15) is 15.9 Å². The van der Waals surface area contributed by atoms with Gasteiger partial charge in [-0.3, -0.25) is 9.89 Å². The van der Waals surface area contributed by atoms with Crippen molar-refractivity contribution in [2.75, 3.05) is 5.32 Å². The largest absolute Gasteiger partial charge is 0.416 e. The number of aromatic amines is 2. The van der Waals surface area contributed by atoms with Crippen molar-refractivity contribution in [2.45, 2.75) is 6.18 Å². The molecule has 2 aromatic carbocycles. The van der Waals surface area contributed by atoms with Gasteiger partial charge in [-0.25, -0.2) is 4.68 Å². The molecule has 32 heavy (non-hydrogen) atoms. The summed E-state index contributed by atoms with van der Waals surface area (Å²) in [6, 6.07) is 10.5. The molecule has 0 atom stereocenters. The monoisotopic (exact) mass is 436 g/mol. The number of nitrogens with one attached hydrogen (secondary N) is 3. The molecule has 3 heterocycles. The first-order valence-corrected chi connectivity index (χ1v) is 9.52. The van der Waals surface area contributed by atoms with Gasteiger partial charge in [0.1, 0.15) is 0 Å². The maximum atomic E-state index is 12.8. The third kappa shape index (κ3) is 3.62. The van der Waals surface area contributed by atoms with E-state index in [1.165, 1.54) is 29.2 Å². The van der Waals surface area contributed by atoms with E-state index in [9.17, 15) is 18.0 Å². The first kappa shape index (κ1) is 19.6. The number of aromatic nitrogens is 5. The molecule has 0 bridgehead atoms. The molecule has 3 aromatic heterocycles. The molecule has 3 N–H and O–H groups in total. The van der Waals surface area contributed by atoms with Gasteiger partial charge in [0.2, 0.25) is 0 Å². The lowest BCUT2D eigenvalue weighted by molar-refractivity contribution is -0.137. The third-order valence-corrected chi connectivity index (χ3v) is 5.07. The number of hydrogen-bond donors (Lipinski definition) is 3. The molecule has 0 fully saturated rings. The van der Waals surface area contributed by atoms with Gasteiger partial charge in [0.25, 0.3) is 5.91 Å². The highest BCUT2D eigenvalue weighted by molar-refractivity contribution is 6.09. The van der Waals surface area contributed by atoms with Gasteiger partial charge in [-0.15, -0.1) is 0 Å². The van der Waals surface area contributed by atoms with Crippen molar-refractivity contribution in [3.05, 3.63) is 84.6 Å². The average Bonchev–Trinajstić information content (AvgIpc) is 3.54. The van der Waals surface area contributed by atoms with Crippen LogP contribution in [-0.2, 0) is 6.18 Å². The predicted octanol–water partition coefficient (Wildman–Crippen LogP) is 5.01. The van der Waals surface area contributed by atoms with Crippen LogP contribution in [0.2, 0.25) is 0 Å². The zero-order chi connectivity index (χ0) is 22.3. The Morgan fingerprint density at radius 2 is 1.81 bits per heavy atom. The van der Waals surface area contributed by atoms with Crippen molar-refractivity contribution >= 4 is 22.5 Å². The van der Waals surface area contributed by atoms with E-state index in [1.54, 1.807) is 18.6 Å². The number of halogens is 3. The second-order valence-corrected chi connectivity index (χ2v) is 7.12. The summed E-state index contributed by atoms with van der Waals surface area (Å²) < 4.78 is 39.9. The van der Waals surface area contributed by atoms with E-state index in [0.717, 1.165) is 34.2 Å². The van der Waals surface area contributed by atoms with E-state index in [2.05, 4.69) is 25.6 Å². The van der Waals surface area contributed by atoms with E-state index in [0.29, 0.717) is 16.9 Å². The smallest absolute Gasteiger partial charge is 0.359 e. The van der Waals surface area contributed by atoms with E-state index < -0.39 is 11.7 Å². The number of amides is 1. The lowest BCUT2D eigenvalue weighted by atomic mass is 10.1. The number of hydrogen-bond acceptors (Lipinski definition) is 3. The Bertz CT molecular complexity index is 1400. The van der Waals surface area contributed by atoms with Crippen LogP contribution in [-0.4, -0.2) is 30.9 Å². The Hall–Kier alpha value is -4.34. The SMILES string of the molecule is O=C(Nc1c[nH]c2ccc(-c3cnn(-c4ccc(C(F)(F)F)cc4)c3)cc12)c1cn[nH]c1. The number of fused-ring (bicyclic) bond motifs is 1. The van der Waals surface area contributed by atoms with Crippen LogP contribution in [0.15, 0.2) is 73.4 Å². The number of anilines is 1. The first-order valence-electron chi connectivity index (χ1n) is 9.52. The summed E-state index contributed by atoms with van der Waals surface area (Å²) in [5, 5.41) is 14.3. The van der Waals surface area contributed by atoms with Crippen LogP contribution in [0.3, 0.4) is 0 Å². The maximum absolute atomic E-state index is 12.8. The summed E-state index contributed by atoms with van der Waals surface area (Å²) in [6.45, 7) is 0. The fraction of sp³-hybridized carbons (Fsp3) is 0.0455. The molecule has 7 nitrogen and oxygen atoms in total. The van der Waals surface area contributed by atoms with Gasteiger partial charge < -0.3 is 10.3 Å². The van der Waals surface area contributed by atoms with Crippen LogP contribution in [0.5, 0.6) is 0 Å². The molecule has 0 aliphatic heterocycles. The Labute approximate surface area is 178 Å². The lowest BCUT2D eigenvalue weighted by Crippen LogP contribution is -2.10.